The molecule has 3 aromatic rings. The highest BCUT2D eigenvalue weighted by atomic mass is 79.9. The molecule has 0 radical (unpaired) electrons. The van der Waals surface area contributed by atoms with E-state index in [4.69, 9.17) is 4.74 Å². The van der Waals surface area contributed by atoms with E-state index in [1.165, 1.54) is 0 Å². The third-order valence-corrected chi connectivity index (χ3v) is 4.34. The molecule has 0 heterocycles. The Morgan fingerprint density at radius 3 is 2.22 bits per heavy atom. The normalized spacial score (nSPS) is 10.9. The van der Waals surface area contributed by atoms with Crippen LogP contribution in [0.4, 0.5) is 0 Å². The van der Waals surface area contributed by atoms with Crippen LogP contribution < -0.4 is 10.1 Å². The van der Waals surface area contributed by atoms with Crippen LogP contribution >= 0.6 is 15.9 Å². The van der Waals surface area contributed by atoms with Crippen LogP contribution in [-0.4, -0.2) is 12.2 Å². The maximum absolute atomic E-state index is 12.2. The van der Waals surface area contributed by atoms with Gasteiger partial charge in [0.2, 0.25) is 0 Å². The van der Waals surface area contributed by atoms with E-state index >= 15 is 0 Å². The summed E-state index contributed by atoms with van der Waals surface area (Å²) in [4.78, 5) is 23.5. The zero-order chi connectivity index (χ0) is 19.1. The minimum absolute atomic E-state index is 0.184. The summed E-state index contributed by atoms with van der Waals surface area (Å²) < 4.78 is 6.67. The highest BCUT2D eigenvalue weighted by molar-refractivity contribution is 9.10. The van der Waals surface area contributed by atoms with Crippen molar-refractivity contribution in [2.45, 2.75) is 0 Å². The number of allylic oxidation sites excluding steroid dienone is 1. The predicted octanol–water partition coefficient (Wildman–Crippen LogP) is 5.21. The molecule has 3 aromatic carbocycles. The van der Waals surface area contributed by atoms with Gasteiger partial charge in [-0.3, -0.25) is 9.59 Å². The van der Waals surface area contributed by atoms with Gasteiger partial charge in [-0.05, 0) is 64.0 Å². The summed E-state index contributed by atoms with van der Waals surface area (Å²) in [6.45, 7) is 0. The van der Waals surface area contributed by atoms with Crippen LogP contribution in [0.3, 0.4) is 0 Å². The minimum atomic E-state index is -0.331. The summed E-state index contributed by atoms with van der Waals surface area (Å²) in [7, 11) is 0. The SMILES string of the molecule is O=C/C(=C/c1ccc(Oc2ccccc2Br)cc1)NC(=O)c1ccccc1. The van der Waals surface area contributed by atoms with E-state index in [0.717, 1.165) is 10.0 Å². The van der Waals surface area contributed by atoms with Crippen molar-refractivity contribution < 1.29 is 14.3 Å². The van der Waals surface area contributed by atoms with Gasteiger partial charge in [0.25, 0.3) is 5.91 Å². The molecule has 0 bridgehead atoms. The number of nitrogens with one attached hydrogen (secondary N) is 1. The summed E-state index contributed by atoms with van der Waals surface area (Å²) in [6.07, 6.45) is 2.22. The van der Waals surface area contributed by atoms with Crippen LogP contribution in [0.1, 0.15) is 15.9 Å². The van der Waals surface area contributed by atoms with Crippen LogP contribution in [0.25, 0.3) is 6.08 Å². The zero-order valence-corrected chi connectivity index (χ0v) is 15.8. The van der Waals surface area contributed by atoms with Crippen molar-refractivity contribution in [2.24, 2.45) is 0 Å². The smallest absolute Gasteiger partial charge is 0.255 e. The lowest BCUT2D eigenvalue weighted by molar-refractivity contribution is -0.105. The lowest BCUT2D eigenvalue weighted by atomic mass is 10.1. The molecule has 0 unspecified atom stereocenters. The molecule has 3 rings (SSSR count). The molecule has 0 saturated heterocycles. The molecular formula is C22H16BrNO3. The van der Waals surface area contributed by atoms with E-state index in [1.807, 2.05) is 42.5 Å². The Bertz CT molecular complexity index is 966. The average molecular weight is 422 g/mol. The molecule has 1 N–H and O–H groups in total. The molecular weight excluding hydrogens is 406 g/mol. The van der Waals surface area contributed by atoms with Gasteiger partial charge in [-0.15, -0.1) is 0 Å². The minimum Gasteiger partial charge on any atom is -0.456 e. The average Bonchev–Trinajstić information content (AvgIpc) is 2.71. The van der Waals surface area contributed by atoms with Gasteiger partial charge in [0.1, 0.15) is 11.5 Å². The fourth-order valence-electron chi connectivity index (χ4n) is 2.36. The summed E-state index contributed by atoms with van der Waals surface area (Å²) in [5.41, 5.74) is 1.44. The number of carbonyl (C=O) groups is 2. The lowest BCUT2D eigenvalue weighted by Crippen LogP contribution is -2.23. The van der Waals surface area contributed by atoms with E-state index in [1.54, 1.807) is 42.5 Å². The molecule has 1 amide bonds. The molecule has 0 saturated carbocycles. The second-order valence-electron chi connectivity index (χ2n) is 5.64. The van der Waals surface area contributed by atoms with Gasteiger partial charge < -0.3 is 10.1 Å². The molecule has 0 aliphatic heterocycles. The number of benzene rings is 3. The van der Waals surface area contributed by atoms with Crippen LogP contribution in [0.2, 0.25) is 0 Å². The molecule has 0 atom stereocenters. The quantitative estimate of drug-likeness (QED) is 0.438. The largest absolute Gasteiger partial charge is 0.456 e. The van der Waals surface area contributed by atoms with Crippen molar-refractivity contribution in [2.75, 3.05) is 0 Å². The molecule has 27 heavy (non-hydrogen) atoms. The molecule has 4 nitrogen and oxygen atoms in total. The van der Waals surface area contributed by atoms with Gasteiger partial charge in [0.05, 0.1) is 10.2 Å². The van der Waals surface area contributed by atoms with Crippen LogP contribution in [0.15, 0.2) is 89.0 Å². The van der Waals surface area contributed by atoms with Crippen molar-refractivity contribution >= 4 is 34.2 Å². The standard InChI is InChI=1S/C22H16BrNO3/c23-20-8-4-5-9-21(20)27-19-12-10-16(11-13-19)14-18(15-25)24-22(26)17-6-2-1-3-7-17/h1-15H,(H,24,26)/b18-14-. The van der Waals surface area contributed by atoms with Crippen molar-refractivity contribution in [3.8, 4) is 11.5 Å². The summed E-state index contributed by atoms with van der Waals surface area (Å²) in [6, 6.07) is 23.5. The number of hydrogen-bond acceptors (Lipinski definition) is 3. The van der Waals surface area contributed by atoms with Gasteiger partial charge in [-0.2, -0.15) is 0 Å². The Kier molecular flexibility index (Phi) is 6.18. The van der Waals surface area contributed by atoms with Gasteiger partial charge in [0.15, 0.2) is 6.29 Å². The highest BCUT2D eigenvalue weighted by Gasteiger charge is 2.07. The molecule has 0 aliphatic rings. The number of halogens is 1. The van der Waals surface area contributed by atoms with Crippen molar-refractivity contribution in [3.63, 3.8) is 0 Å². The van der Waals surface area contributed by atoms with E-state index < -0.39 is 0 Å². The maximum Gasteiger partial charge on any atom is 0.255 e. The number of ether oxygens (including phenoxy) is 1. The summed E-state index contributed by atoms with van der Waals surface area (Å²) in [5.74, 6) is 1.05. The summed E-state index contributed by atoms with van der Waals surface area (Å²) >= 11 is 3.44. The zero-order valence-electron chi connectivity index (χ0n) is 14.3. The van der Waals surface area contributed by atoms with Crippen molar-refractivity contribution in [1.82, 2.24) is 5.32 Å². The van der Waals surface area contributed by atoms with E-state index in [9.17, 15) is 9.59 Å². The predicted molar refractivity (Wildman–Crippen MR) is 109 cm³/mol. The lowest BCUT2D eigenvalue weighted by Gasteiger charge is -2.08. The molecule has 0 aromatic heterocycles. The monoisotopic (exact) mass is 421 g/mol. The highest BCUT2D eigenvalue weighted by Crippen LogP contribution is 2.29. The van der Waals surface area contributed by atoms with Gasteiger partial charge in [-0.1, -0.05) is 42.5 Å². The van der Waals surface area contributed by atoms with Gasteiger partial charge >= 0.3 is 0 Å². The number of rotatable bonds is 6. The number of aldehydes is 1. The van der Waals surface area contributed by atoms with Crippen LogP contribution in [-0.2, 0) is 4.79 Å². The first-order valence-electron chi connectivity index (χ1n) is 8.21. The molecule has 5 heteroatoms. The van der Waals surface area contributed by atoms with E-state index in [0.29, 0.717) is 23.3 Å². The fraction of sp³-hybridized carbons (Fsp3) is 0. The Labute approximate surface area is 165 Å². The van der Waals surface area contributed by atoms with E-state index in [-0.39, 0.29) is 11.6 Å². The Morgan fingerprint density at radius 1 is 0.889 bits per heavy atom. The Morgan fingerprint density at radius 2 is 1.56 bits per heavy atom. The molecule has 0 fully saturated rings. The molecule has 134 valence electrons. The number of hydrogen-bond donors (Lipinski definition) is 1. The third-order valence-electron chi connectivity index (χ3n) is 3.69. The number of para-hydroxylation sites is 1. The van der Waals surface area contributed by atoms with E-state index in [2.05, 4.69) is 21.2 Å². The topological polar surface area (TPSA) is 55.4 Å². The van der Waals surface area contributed by atoms with Crippen LogP contribution in [0, 0.1) is 0 Å². The maximum atomic E-state index is 12.2. The summed E-state index contributed by atoms with van der Waals surface area (Å²) in [5, 5.41) is 2.61. The number of carbonyl (C=O) groups excluding carboxylic acids is 2. The first-order chi connectivity index (χ1) is 13.2. The number of amides is 1. The van der Waals surface area contributed by atoms with Gasteiger partial charge in [-0.25, -0.2) is 0 Å². The first kappa shape index (κ1) is 18.6. The second kappa shape index (κ2) is 8.96. The molecule has 0 spiro atoms. The van der Waals surface area contributed by atoms with Crippen LogP contribution in [0.5, 0.6) is 11.5 Å². The third kappa shape index (κ3) is 5.15. The van der Waals surface area contributed by atoms with Gasteiger partial charge in [0, 0.05) is 5.56 Å². The fourth-order valence-corrected chi connectivity index (χ4v) is 2.72. The first-order valence-corrected chi connectivity index (χ1v) is 9.01. The van der Waals surface area contributed by atoms with Crippen molar-refractivity contribution in [3.05, 3.63) is 100 Å². The Hall–Kier alpha value is -3.18. The second-order valence-corrected chi connectivity index (χ2v) is 6.49. The van der Waals surface area contributed by atoms with Crippen molar-refractivity contribution in [1.29, 1.82) is 0 Å². The molecule has 0 aliphatic carbocycles. The Balaban J connectivity index is 1.70.